The van der Waals surface area contributed by atoms with Crippen molar-refractivity contribution in [2.75, 3.05) is 19.7 Å². The summed E-state index contributed by atoms with van der Waals surface area (Å²) in [5.74, 6) is 1.61. The first kappa shape index (κ1) is 15.4. The molecule has 0 spiro atoms. The number of hydrogen-bond donors (Lipinski definition) is 0. The van der Waals surface area contributed by atoms with Gasteiger partial charge in [0.1, 0.15) is 12.7 Å². The maximum absolute atomic E-state index is 9.22. The molecule has 0 aromatic heterocycles. The highest BCUT2D eigenvalue weighted by molar-refractivity contribution is 5.40. The number of likely N-dealkylation sites (N-methyl/N-ethyl adjacent to an activating group) is 1. The third kappa shape index (κ3) is 3.64. The zero-order chi connectivity index (χ0) is 16.1. The average molecular weight is 308 g/mol. The van der Waals surface area contributed by atoms with Crippen molar-refractivity contribution in [2.24, 2.45) is 0 Å². The maximum Gasteiger partial charge on any atom is 0.161 e. The molecule has 1 unspecified atom stereocenters. The van der Waals surface area contributed by atoms with Gasteiger partial charge in [-0.1, -0.05) is 37.3 Å². The molecule has 0 saturated heterocycles. The summed E-state index contributed by atoms with van der Waals surface area (Å²) in [6.07, 6.45) is -0.000835. The molecule has 0 radical (unpaired) electrons. The summed E-state index contributed by atoms with van der Waals surface area (Å²) in [6.45, 7) is 5.06. The molecule has 1 atom stereocenters. The Bertz CT molecular complexity index is 709. The standard InChI is InChI=1S/C19H20N2O2/c1-2-21(12-16-8-4-3-7-15(16)11-20)13-17-14-22-18-9-5-6-10-19(18)23-17/h3-10,17H,2,12-14H2,1H3. The first-order valence-electron chi connectivity index (χ1n) is 7.89. The van der Waals surface area contributed by atoms with Crippen LogP contribution in [0.5, 0.6) is 11.5 Å². The van der Waals surface area contributed by atoms with E-state index in [1.54, 1.807) is 0 Å². The van der Waals surface area contributed by atoms with Crippen LogP contribution in [-0.2, 0) is 6.54 Å². The number of rotatable bonds is 5. The third-order valence-corrected chi connectivity index (χ3v) is 4.01. The Kier molecular flexibility index (Phi) is 4.80. The predicted octanol–water partition coefficient (Wildman–Crippen LogP) is 3.22. The van der Waals surface area contributed by atoms with Gasteiger partial charge in [0, 0.05) is 13.1 Å². The van der Waals surface area contributed by atoms with E-state index >= 15 is 0 Å². The lowest BCUT2D eigenvalue weighted by Gasteiger charge is -2.31. The van der Waals surface area contributed by atoms with Crippen molar-refractivity contribution in [3.63, 3.8) is 0 Å². The molecule has 0 fully saturated rings. The number of ether oxygens (including phenoxy) is 2. The molecule has 2 aromatic rings. The topological polar surface area (TPSA) is 45.5 Å². The predicted molar refractivity (Wildman–Crippen MR) is 88.5 cm³/mol. The summed E-state index contributed by atoms with van der Waals surface area (Å²) < 4.78 is 11.8. The molecule has 1 aliphatic rings. The van der Waals surface area contributed by atoms with Gasteiger partial charge in [0.05, 0.1) is 11.6 Å². The second kappa shape index (κ2) is 7.17. The number of fused-ring (bicyclic) bond motifs is 1. The van der Waals surface area contributed by atoms with Gasteiger partial charge in [-0.25, -0.2) is 0 Å². The first-order chi connectivity index (χ1) is 11.3. The molecular formula is C19H20N2O2. The molecule has 3 rings (SSSR count). The van der Waals surface area contributed by atoms with Gasteiger partial charge in [-0.2, -0.15) is 5.26 Å². The van der Waals surface area contributed by atoms with Crippen molar-refractivity contribution in [3.05, 3.63) is 59.7 Å². The zero-order valence-electron chi connectivity index (χ0n) is 13.2. The van der Waals surface area contributed by atoms with E-state index in [1.807, 2.05) is 48.5 Å². The van der Waals surface area contributed by atoms with Gasteiger partial charge in [0.2, 0.25) is 0 Å². The van der Waals surface area contributed by atoms with E-state index in [9.17, 15) is 5.26 Å². The van der Waals surface area contributed by atoms with E-state index in [0.717, 1.165) is 42.3 Å². The lowest BCUT2D eigenvalue weighted by molar-refractivity contribution is 0.0580. The van der Waals surface area contributed by atoms with E-state index in [0.29, 0.717) is 6.61 Å². The lowest BCUT2D eigenvalue weighted by Crippen LogP contribution is -2.40. The van der Waals surface area contributed by atoms with Crippen LogP contribution in [0.2, 0.25) is 0 Å². The maximum atomic E-state index is 9.22. The molecule has 23 heavy (non-hydrogen) atoms. The second-order valence-corrected chi connectivity index (χ2v) is 5.59. The van der Waals surface area contributed by atoms with Crippen LogP contribution in [0.4, 0.5) is 0 Å². The fourth-order valence-corrected chi connectivity index (χ4v) is 2.75. The van der Waals surface area contributed by atoms with Crippen LogP contribution >= 0.6 is 0 Å². The molecular weight excluding hydrogens is 288 g/mol. The number of nitrogens with zero attached hydrogens (tertiary/aromatic N) is 2. The van der Waals surface area contributed by atoms with Gasteiger partial charge in [-0.3, -0.25) is 4.90 Å². The van der Waals surface area contributed by atoms with Crippen LogP contribution in [-0.4, -0.2) is 30.7 Å². The number of nitriles is 1. The van der Waals surface area contributed by atoms with Gasteiger partial charge in [0.15, 0.2) is 11.5 Å². The van der Waals surface area contributed by atoms with Crippen LogP contribution in [0.1, 0.15) is 18.1 Å². The zero-order valence-corrected chi connectivity index (χ0v) is 13.2. The summed E-state index contributed by atoms with van der Waals surface area (Å²) in [7, 11) is 0. The van der Waals surface area contributed by atoms with E-state index in [-0.39, 0.29) is 6.10 Å². The summed E-state index contributed by atoms with van der Waals surface area (Å²) >= 11 is 0. The van der Waals surface area contributed by atoms with Crippen molar-refractivity contribution in [2.45, 2.75) is 19.6 Å². The largest absolute Gasteiger partial charge is 0.486 e. The van der Waals surface area contributed by atoms with Crippen LogP contribution in [0.3, 0.4) is 0 Å². The molecule has 2 aromatic carbocycles. The lowest BCUT2D eigenvalue weighted by atomic mass is 10.1. The fourth-order valence-electron chi connectivity index (χ4n) is 2.75. The van der Waals surface area contributed by atoms with Gasteiger partial charge in [0.25, 0.3) is 0 Å². The van der Waals surface area contributed by atoms with Gasteiger partial charge >= 0.3 is 0 Å². The third-order valence-electron chi connectivity index (χ3n) is 4.01. The molecule has 0 N–H and O–H groups in total. The molecule has 1 aliphatic heterocycles. The number of hydrogen-bond acceptors (Lipinski definition) is 4. The average Bonchev–Trinajstić information content (AvgIpc) is 2.61. The summed E-state index contributed by atoms with van der Waals surface area (Å²) in [5, 5.41) is 9.22. The van der Waals surface area contributed by atoms with Crippen LogP contribution in [0.25, 0.3) is 0 Å². The monoisotopic (exact) mass is 308 g/mol. The van der Waals surface area contributed by atoms with Gasteiger partial charge in [-0.15, -0.1) is 0 Å². The number of para-hydroxylation sites is 2. The highest BCUT2D eigenvalue weighted by atomic mass is 16.6. The highest BCUT2D eigenvalue weighted by Gasteiger charge is 2.22. The normalized spacial score (nSPS) is 16.1. The highest BCUT2D eigenvalue weighted by Crippen LogP contribution is 2.31. The van der Waals surface area contributed by atoms with Crippen molar-refractivity contribution in [1.82, 2.24) is 4.90 Å². The quantitative estimate of drug-likeness (QED) is 0.851. The summed E-state index contributed by atoms with van der Waals surface area (Å²) in [6, 6.07) is 17.7. The Morgan fingerprint density at radius 2 is 1.87 bits per heavy atom. The second-order valence-electron chi connectivity index (χ2n) is 5.59. The minimum Gasteiger partial charge on any atom is -0.486 e. The summed E-state index contributed by atoms with van der Waals surface area (Å²) in [4.78, 5) is 2.28. The molecule has 0 aliphatic carbocycles. The van der Waals surface area contributed by atoms with Crippen molar-refractivity contribution in [3.8, 4) is 17.6 Å². The molecule has 4 heteroatoms. The Morgan fingerprint density at radius 3 is 2.65 bits per heavy atom. The Hall–Kier alpha value is -2.51. The molecule has 0 amide bonds. The van der Waals surface area contributed by atoms with Crippen LogP contribution in [0, 0.1) is 11.3 Å². The molecule has 1 heterocycles. The Labute approximate surface area is 136 Å². The van der Waals surface area contributed by atoms with Crippen molar-refractivity contribution >= 4 is 0 Å². The van der Waals surface area contributed by atoms with Crippen molar-refractivity contribution in [1.29, 1.82) is 5.26 Å². The number of benzene rings is 2. The fraction of sp³-hybridized carbons (Fsp3) is 0.316. The minimum atomic E-state index is -0.000835. The Balaban J connectivity index is 1.65. The van der Waals surface area contributed by atoms with Gasteiger partial charge in [-0.05, 0) is 30.3 Å². The molecule has 118 valence electrons. The van der Waals surface area contributed by atoms with Crippen LogP contribution < -0.4 is 9.47 Å². The molecule has 4 nitrogen and oxygen atoms in total. The van der Waals surface area contributed by atoms with E-state index in [1.165, 1.54) is 0 Å². The Morgan fingerprint density at radius 1 is 1.13 bits per heavy atom. The van der Waals surface area contributed by atoms with E-state index < -0.39 is 0 Å². The van der Waals surface area contributed by atoms with Crippen molar-refractivity contribution < 1.29 is 9.47 Å². The van der Waals surface area contributed by atoms with Gasteiger partial charge < -0.3 is 9.47 Å². The first-order valence-corrected chi connectivity index (χ1v) is 7.89. The molecule has 0 bridgehead atoms. The smallest absolute Gasteiger partial charge is 0.161 e. The van der Waals surface area contributed by atoms with E-state index in [4.69, 9.17) is 9.47 Å². The van der Waals surface area contributed by atoms with E-state index in [2.05, 4.69) is 17.9 Å². The van der Waals surface area contributed by atoms with Crippen LogP contribution in [0.15, 0.2) is 48.5 Å². The minimum absolute atomic E-state index is 0.000835. The SMILES string of the molecule is CCN(Cc1ccccc1C#N)CC1COc2ccccc2O1. The molecule has 0 saturated carbocycles. The summed E-state index contributed by atoms with van der Waals surface area (Å²) in [5.41, 5.74) is 1.78.